The molecule has 0 fully saturated rings. The maximum Gasteiger partial charge on any atom is 0.565 e. The Hall–Kier alpha value is -0.883. The number of rotatable bonds is 10. The van der Waals surface area contributed by atoms with Crippen LogP contribution in [0.1, 0.15) is 0 Å². The van der Waals surface area contributed by atoms with Crippen LogP contribution in [0.4, 0.5) is 105 Å². The van der Waals surface area contributed by atoms with Crippen LogP contribution in [0.5, 0.6) is 0 Å². The minimum atomic E-state index is -9.63. The number of alkyl halides is 24. The Morgan fingerprint density at radius 1 is 0.316 bits per heavy atom. The van der Waals surface area contributed by atoms with E-state index in [0.717, 1.165) is 0 Å². The molecule has 0 unspecified atom stereocenters. The molecule has 0 amide bonds. The van der Waals surface area contributed by atoms with Crippen LogP contribution in [-0.2, 0) is 0 Å². The first kappa shape index (κ1) is 37.1. The fourth-order valence-electron chi connectivity index (χ4n) is 1.93. The molecule has 0 aliphatic heterocycles. The smallest absolute Gasteiger partial charge is 0.257 e. The van der Waals surface area contributed by atoms with E-state index in [9.17, 15) is 105 Å². The number of hydrogen-bond donors (Lipinski definition) is 0. The third kappa shape index (κ3) is 4.25. The first-order chi connectivity index (χ1) is 15.8. The highest BCUT2D eigenvalue weighted by Crippen LogP contribution is 2.67. The number of hydrogen-bond acceptors (Lipinski definition) is 0. The highest BCUT2D eigenvalue weighted by molar-refractivity contribution is 6.88. The Balaban J connectivity index is 7.29. The van der Waals surface area contributed by atoms with Gasteiger partial charge in [0.15, 0.2) is 0 Å². The Morgan fingerprint density at radius 2 is 0.500 bits per heavy atom. The monoisotopic (exact) mass is 686 g/mol. The summed E-state index contributed by atoms with van der Waals surface area (Å²) in [5, 5.41) is 0. The zero-order valence-electron chi connectivity index (χ0n) is 15.8. The fourth-order valence-corrected chi connectivity index (χ4v) is 3.55. The third-order valence-corrected chi connectivity index (χ3v) is 7.50. The van der Waals surface area contributed by atoms with E-state index in [1.165, 1.54) is 0 Å². The van der Waals surface area contributed by atoms with Crippen molar-refractivity contribution in [3.63, 3.8) is 0 Å². The van der Waals surface area contributed by atoms with Gasteiger partial charge in [0.1, 0.15) is 0 Å². The van der Waals surface area contributed by atoms with Crippen molar-refractivity contribution < 1.29 is 105 Å². The lowest BCUT2D eigenvalue weighted by Gasteiger charge is -2.45. The van der Waals surface area contributed by atoms with Crippen molar-refractivity contribution in [3.8, 4) is 0 Å². The van der Waals surface area contributed by atoms with Crippen molar-refractivity contribution in [2.45, 2.75) is 63.3 Å². The van der Waals surface area contributed by atoms with Gasteiger partial charge in [0.2, 0.25) is 0 Å². The van der Waals surface area contributed by atoms with E-state index in [2.05, 4.69) is 23.2 Å². The summed E-state index contributed by atoms with van der Waals surface area (Å²) in [6.07, 6.45) is -8.13. The standard InChI is InChI=1S/C11Cl2F24Si/c12-11(13,35)38(36,37)10(33,34)8(28,29)6(24,25)4(20,21)2(16,17)1(14,15)3(18,19)5(22,23)7(26,27)9(30,31)32. The first-order valence-electron chi connectivity index (χ1n) is 7.66. The molecule has 0 spiro atoms. The average Bonchev–Trinajstić information content (AvgIpc) is 2.64. The van der Waals surface area contributed by atoms with Gasteiger partial charge in [0.25, 0.3) is 0 Å². The molecule has 0 atom stereocenters. The van der Waals surface area contributed by atoms with Crippen LogP contribution in [-0.4, -0.2) is 72.1 Å². The molecule has 0 aromatic rings. The summed E-state index contributed by atoms with van der Waals surface area (Å²) in [7, 11) is -9.63. The largest absolute Gasteiger partial charge is 0.565 e. The highest BCUT2D eigenvalue weighted by atomic mass is 35.5. The van der Waals surface area contributed by atoms with Crippen LogP contribution in [0.25, 0.3) is 0 Å². The van der Waals surface area contributed by atoms with Gasteiger partial charge in [-0.15, -0.1) is 0 Å². The molecular weight excluding hydrogens is 687 g/mol. The van der Waals surface area contributed by atoms with Gasteiger partial charge in [-0.2, -0.15) is 92.2 Å². The van der Waals surface area contributed by atoms with E-state index in [0.29, 0.717) is 0 Å². The molecule has 0 rings (SSSR count). The maximum absolute atomic E-state index is 13.5. The fraction of sp³-hybridized carbons (Fsp3) is 1.00. The SMILES string of the molecule is FC(F)(F)C(F)(F)C(F)(F)C(F)(F)C(F)(F)C(F)(F)C(F)(F)C(F)(F)C(F)(F)C(F)(F)[Si](F)(F)C(F)(Cl)Cl. The van der Waals surface area contributed by atoms with Crippen LogP contribution < -0.4 is 0 Å². The summed E-state index contributed by atoms with van der Waals surface area (Å²) in [4.78, 5) is 0. The topological polar surface area (TPSA) is 0 Å². The van der Waals surface area contributed by atoms with Gasteiger partial charge in [-0.25, -0.2) is 4.39 Å². The van der Waals surface area contributed by atoms with Crippen LogP contribution >= 0.6 is 23.2 Å². The van der Waals surface area contributed by atoms with Gasteiger partial charge in [-0.3, -0.25) is 8.22 Å². The summed E-state index contributed by atoms with van der Waals surface area (Å²) in [5.74, 6) is -73.7. The van der Waals surface area contributed by atoms with Crippen molar-refractivity contribution in [2.24, 2.45) is 0 Å². The molecular formula is C11Cl2F24Si. The summed E-state index contributed by atoms with van der Waals surface area (Å²) >= 11 is 7.37. The molecule has 0 aromatic heterocycles. The maximum atomic E-state index is 13.5. The molecule has 0 heterocycles. The second-order valence-electron chi connectivity index (χ2n) is 6.74. The van der Waals surface area contributed by atoms with Crippen LogP contribution in [0.2, 0.25) is 0 Å². The van der Waals surface area contributed by atoms with Gasteiger partial charge in [0, 0.05) is 0 Å². The third-order valence-electron chi connectivity index (χ3n) is 4.26. The predicted octanol–water partition coefficient (Wildman–Crippen LogP) is 8.83. The van der Waals surface area contributed by atoms with Crippen LogP contribution in [0, 0.1) is 0 Å². The van der Waals surface area contributed by atoms with E-state index in [1.54, 1.807) is 0 Å². The summed E-state index contributed by atoms with van der Waals surface area (Å²) in [6, 6.07) is 0. The quantitative estimate of drug-likeness (QED) is 0.0933. The average molecular weight is 687 g/mol. The Labute approximate surface area is 201 Å². The molecule has 0 nitrogen and oxygen atoms in total. The molecule has 230 valence electrons. The van der Waals surface area contributed by atoms with Crippen molar-refractivity contribution in [3.05, 3.63) is 0 Å². The van der Waals surface area contributed by atoms with Gasteiger partial charge in [0.05, 0.1) is 0 Å². The Kier molecular flexibility index (Phi) is 8.60. The Bertz CT molecular complexity index is 807. The van der Waals surface area contributed by atoms with Crippen molar-refractivity contribution in [1.82, 2.24) is 0 Å². The van der Waals surface area contributed by atoms with E-state index in [-0.39, 0.29) is 0 Å². The molecule has 0 bridgehead atoms. The van der Waals surface area contributed by atoms with E-state index >= 15 is 0 Å². The van der Waals surface area contributed by atoms with Crippen LogP contribution in [0.3, 0.4) is 0 Å². The zero-order chi connectivity index (χ0) is 32.0. The minimum Gasteiger partial charge on any atom is -0.257 e. The van der Waals surface area contributed by atoms with Gasteiger partial charge in [-0.1, -0.05) is 23.2 Å². The van der Waals surface area contributed by atoms with Crippen molar-refractivity contribution in [2.75, 3.05) is 0 Å². The summed E-state index contributed by atoms with van der Waals surface area (Å²) < 4.78 is 307. The van der Waals surface area contributed by atoms with Crippen LogP contribution in [0.15, 0.2) is 0 Å². The molecule has 27 heteroatoms. The lowest BCUT2D eigenvalue weighted by atomic mass is 9.87. The molecule has 0 radical (unpaired) electrons. The van der Waals surface area contributed by atoms with E-state index in [1.807, 2.05) is 0 Å². The molecule has 0 aromatic carbocycles. The molecule has 38 heavy (non-hydrogen) atoms. The molecule has 0 aliphatic carbocycles. The lowest BCUT2D eigenvalue weighted by molar-refractivity contribution is -0.472. The highest BCUT2D eigenvalue weighted by Gasteiger charge is 3.00. The minimum absolute atomic E-state index is 3.68. The second-order valence-corrected chi connectivity index (χ2v) is 11.1. The second kappa shape index (κ2) is 8.81. The molecule has 0 aliphatic rings. The van der Waals surface area contributed by atoms with E-state index in [4.69, 9.17) is 0 Å². The normalized spacial score (nSPS) is 17.2. The van der Waals surface area contributed by atoms with Crippen molar-refractivity contribution >= 4 is 31.9 Å². The first-order valence-corrected chi connectivity index (χ1v) is 10.2. The number of halogens is 26. The molecule has 0 N–H and O–H groups in total. The molecule has 0 saturated carbocycles. The van der Waals surface area contributed by atoms with Gasteiger partial charge in [-0.05, 0) is 0 Å². The van der Waals surface area contributed by atoms with E-state index < -0.39 is 72.1 Å². The zero-order valence-corrected chi connectivity index (χ0v) is 18.3. The summed E-state index contributed by atoms with van der Waals surface area (Å²) in [5.41, 5.74) is -8.48. The van der Waals surface area contributed by atoms with Gasteiger partial charge < -0.3 is 0 Å². The Morgan fingerprint density at radius 3 is 0.684 bits per heavy atom. The van der Waals surface area contributed by atoms with Crippen molar-refractivity contribution in [1.29, 1.82) is 0 Å². The lowest BCUT2D eigenvalue weighted by Crippen LogP contribution is -2.78. The van der Waals surface area contributed by atoms with Gasteiger partial charge >= 0.3 is 72.1 Å². The summed E-state index contributed by atoms with van der Waals surface area (Å²) in [6.45, 7) is 0. The predicted molar refractivity (Wildman–Crippen MR) is 74.1 cm³/mol. The molecule has 0 saturated heterocycles.